The Kier molecular flexibility index (Phi) is 5.11. The standard InChI is InChI=1S/C23H25N9O2/c1-23(2,3)14-9-26-21-18(14)19(28-22(24)29-21)20(34)13-6-7-16(25-8-13)27-17(33)11-32-10-15(30-31-32)12-4-5-12/h6-10,12H,4-5,11H2,1-3H3,(H,25,27,33)(H3,24,26,28,29). The summed E-state index contributed by atoms with van der Waals surface area (Å²) in [5.74, 6) is 0.193. The van der Waals surface area contributed by atoms with Gasteiger partial charge < -0.3 is 16.0 Å². The average Bonchev–Trinajstić information content (AvgIpc) is 3.37. The number of ketones is 1. The summed E-state index contributed by atoms with van der Waals surface area (Å²) in [6.07, 6.45) is 7.28. The van der Waals surface area contributed by atoms with E-state index in [1.165, 1.54) is 10.9 Å². The van der Waals surface area contributed by atoms with E-state index in [4.69, 9.17) is 5.73 Å². The van der Waals surface area contributed by atoms with Crippen LogP contribution in [0.3, 0.4) is 0 Å². The molecule has 0 unspecified atom stereocenters. The zero-order valence-electron chi connectivity index (χ0n) is 19.2. The van der Waals surface area contributed by atoms with Crippen LogP contribution < -0.4 is 11.1 Å². The zero-order chi connectivity index (χ0) is 24.0. The third kappa shape index (κ3) is 4.24. The molecule has 174 valence electrons. The van der Waals surface area contributed by atoms with Crippen molar-refractivity contribution in [3.05, 3.63) is 53.2 Å². The minimum absolute atomic E-state index is 0.00737. The topological polar surface area (TPSA) is 157 Å². The molecule has 0 radical (unpaired) electrons. The zero-order valence-corrected chi connectivity index (χ0v) is 19.2. The van der Waals surface area contributed by atoms with Gasteiger partial charge in [-0.05, 0) is 36.0 Å². The molecule has 0 bridgehead atoms. The number of nitrogens with one attached hydrogen (secondary N) is 2. The fourth-order valence-corrected chi connectivity index (χ4v) is 3.83. The SMILES string of the molecule is CC(C)(C)c1c[nH]c2nc(N)nc(C(=O)c3ccc(NC(=O)Cn4cc(C5CC5)nn4)nc3)c12. The number of fused-ring (bicyclic) bond motifs is 1. The predicted octanol–water partition coefficient (Wildman–Crippen LogP) is 2.57. The summed E-state index contributed by atoms with van der Waals surface area (Å²) in [7, 11) is 0. The van der Waals surface area contributed by atoms with E-state index in [9.17, 15) is 9.59 Å². The summed E-state index contributed by atoms with van der Waals surface area (Å²) in [5.41, 5.74) is 8.50. The number of pyridine rings is 1. The van der Waals surface area contributed by atoms with E-state index in [-0.39, 0.29) is 35.3 Å². The van der Waals surface area contributed by atoms with Gasteiger partial charge in [-0.3, -0.25) is 9.59 Å². The van der Waals surface area contributed by atoms with Gasteiger partial charge in [0.1, 0.15) is 23.7 Å². The van der Waals surface area contributed by atoms with Crippen molar-refractivity contribution in [2.45, 2.75) is 51.5 Å². The Bertz CT molecular complexity index is 1390. The minimum Gasteiger partial charge on any atom is -0.368 e. The second-order valence-corrected chi connectivity index (χ2v) is 9.53. The van der Waals surface area contributed by atoms with Gasteiger partial charge in [-0.1, -0.05) is 26.0 Å². The van der Waals surface area contributed by atoms with Crippen molar-refractivity contribution in [3.8, 4) is 0 Å². The summed E-state index contributed by atoms with van der Waals surface area (Å²) < 4.78 is 1.51. The van der Waals surface area contributed by atoms with Crippen molar-refractivity contribution in [2.24, 2.45) is 0 Å². The van der Waals surface area contributed by atoms with Gasteiger partial charge in [0.2, 0.25) is 17.6 Å². The van der Waals surface area contributed by atoms with Crippen LogP contribution >= 0.6 is 0 Å². The van der Waals surface area contributed by atoms with Crippen LogP contribution in [-0.2, 0) is 16.8 Å². The fraction of sp³-hybridized carbons (Fsp3) is 0.348. The molecule has 1 saturated carbocycles. The van der Waals surface area contributed by atoms with Crippen LogP contribution in [0, 0.1) is 0 Å². The molecule has 4 N–H and O–H groups in total. The fourth-order valence-electron chi connectivity index (χ4n) is 3.83. The quantitative estimate of drug-likeness (QED) is 0.371. The molecule has 1 amide bonds. The molecule has 34 heavy (non-hydrogen) atoms. The monoisotopic (exact) mass is 459 g/mol. The third-order valence-corrected chi connectivity index (χ3v) is 5.72. The van der Waals surface area contributed by atoms with Crippen molar-refractivity contribution in [1.29, 1.82) is 0 Å². The number of aromatic amines is 1. The molecule has 1 aliphatic carbocycles. The van der Waals surface area contributed by atoms with Crippen LogP contribution in [0.4, 0.5) is 11.8 Å². The first-order valence-corrected chi connectivity index (χ1v) is 11.0. The van der Waals surface area contributed by atoms with Crippen LogP contribution in [0.25, 0.3) is 11.0 Å². The van der Waals surface area contributed by atoms with Gasteiger partial charge in [-0.2, -0.15) is 4.98 Å². The second kappa shape index (κ2) is 8.01. The Morgan fingerprint density at radius 1 is 1.24 bits per heavy atom. The lowest BCUT2D eigenvalue weighted by Gasteiger charge is -2.18. The van der Waals surface area contributed by atoms with Crippen LogP contribution in [0.2, 0.25) is 0 Å². The lowest BCUT2D eigenvalue weighted by Crippen LogP contribution is -2.20. The number of carbonyl (C=O) groups is 2. The summed E-state index contributed by atoms with van der Waals surface area (Å²) in [5, 5.41) is 11.5. The Morgan fingerprint density at radius 2 is 2.03 bits per heavy atom. The number of amides is 1. The van der Waals surface area contributed by atoms with E-state index in [1.807, 2.05) is 27.0 Å². The molecule has 0 aromatic carbocycles. The molecule has 0 spiro atoms. The molecule has 0 atom stereocenters. The van der Waals surface area contributed by atoms with Crippen LogP contribution in [-0.4, -0.2) is 46.6 Å². The molecule has 0 saturated heterocycles. The lowest BCUT2D eigenvalue weighted by atomic mass is 9.86. The van der Waals surface area contributed by atoms with Crippen molar-refractivity contribution in [1.82, 2.24) is 34.9 Å². The number of anilines is 2. The number of hydrogen-bond donors (Lipinski definition) is 3. The molecule has 11 heteroatoms. The number of nitrogens with two attached hydrogens (primary N) is 1. The third-order valence-electron chi connectivity index (χ3n) is 5.72. The number of nitrogens with zero attached hydrogens (tertiary/aromatic N) is 6. The molecular formula is C23H25N9O2. The Morgan fingerprint density at radius 3 is 2.71 bits per heavy atom. The van der Waals surface area contributed by atoms with Gasteiger partial charge in [0.25, 0.3) is 0 Å². The van der Waals surface area contributed by atoms with Crippen LogP contribution in [0.1, 0.15) is 66.8 Å². The highest BCUT2D eigenvalue weighted by atomic mass is 16.2. The molecule has 11 nitrogen and oxygen atoms in total. The molecule has 5 rings (SSSR count). The van der Waals surface area contributed by atoms with Gasteiger partial charge in [0, 0.05) is 30.1 Å². The largest absolute Gasteiger partial charge is 0.368 e. The van der Waals surface area contributed by atoms with E-state index in [0.29, 0.717) is 28.3 Å². The predicted molar refractivity (Wildman–Crippen MR) is 125 cm³/mol. The Balaban J connectivity index is 1.34. The Hall–Kier alpha value is -4.15. The summed E-state index contributed by atoms with van der Waals surface area (Å²) >= 11 is 0. The smallest absolute Gasteiger partial charge is 0.247 e. The number of H-pyrrole nitrogens is 1. The maximum absolute atomic E-state index is 13.3. The molecular weight excluding hydrogens is 434 g/mol. The number of hydrogen-bond acceptors (Lipinski definition) is 8. The highest BCUT2D eigenvalue weighted by Crippen LogP contribution is 2.38. The molecule has 4 aromatic heterocycles. The molecule has 4 aromatic rings. The van der Waals surface area contributed by atoms with Gasteiger partial charge in [-0.15, -0.1) is 5.10 Å². The van der Waals surface area contributed by atoms with Gasteiger partial charge >= 0.3 is 0 Å². The number of carbonyl (C=O) groups excluding carboxylic acids is 2. The summed E-state index contributed by atoms with van der Waals surface area (Å²) in [6.45, 7) is 6.17. The summed E-state index contributed by atoms with van der Waals surface area (Å²) in [6, 6.07) is 3.17. The van der Waals surface area contributed by atoms with Crippen molar-refractivity contribution in [2.75, 3.05) is 11.1 Å². The Labute approximate surface area is 195 Å². The molecule has 0 aliphatic heterocycles. The highest BCUT2D eigenvalue weighted by Gasteiger charge is 2.27. The van der Waals surface area contributed by atoms with Crippen molar-refractivity contribution in [3.63, 3.8) is 0 Å². The van der Waals surface area contributed by atoms with Crippen molar-refractivity contribution < 1.29 is 9.59 Å². The molecule has 1 fully saturated rings. The van der Waals surface area contributed by atoms with Gasteiger partial charge in [0.15, 0.2) is 0 Å². The van der Waals surface area contributed by atoms with E-state index in [1.54, 1.807) is 18.3 Å². The average molecular weight is 460 g/mol. The van der Waals surface area contributed by atoms with Crippen molar-refractivity contribution >= 4 is 34.5 Å². The number of aromatic nitrogens is 7. The van der Waals surface area contributed by atoms with Gasteiger partial charge in [-0.25, -0.2) is 14.6 Å². The van der Waals surface area contributed by atoms with E-state index >= 15 is 0 Å². The van der Waals surface area contributed by atoms with E-state index in [2.05, 4.69) is 35.6 Å². The van der Waals surface area contributed by atoms with E-state index in [0.717, 1.165) is 24.1 Å². The summed E-state index contributed by atoms with van der Waals surface area (Å²) in [4.78, 5) is 41.5. The van der Waals surface area contributed by atoms with Crippen LogP contribution in [0.15, 0.2) is 30.7 Å². The lowest BCUT2D eigenvalue weighted by molar-refractivity contribution is -0.117. The van der Waals surface area contributed by atoms with Gasteiger partial charge in [0.05, 0.1) is 11.1 Å². The molecule has 1 aliphatic rings. The number of rotatable bonds is 6. The normalized spacial score (nSPS) is 13.9. The second-order valence-electron chi connectivity index (χ2n) is 9.53. The first-order valence-electron chi connectivity index (χ1n) is 11.0. The maximum Gasteiger partial charge on any atom is 0.247 e. The highest BCUT2D eigenvalue weighted by molar-refractivity contribution is 6.15. The first kappa shape index (κ1) is 21.7. The minimum atomic E-state index is -0.329. The number of nitrogen functional groups attached to an aromatic ring is 1. The van der Waals surface area contributed by atoms with E-state index < -0.39 is 0 Å². The molecule has 4 heterocycles. The maximum atomic E-state index is 13.3. The first-order chi connectivity index (χ1) is 16.2. The van der Waals surface area contributed by atoms with Crippen LogP contribution in [0.5, 0.6) is 0 Å².